The van der Waals surface area contributed by atoms with Crippen molar-refractivity contribution in [2.24, 2.45) is 0 Å². The third-order valence-electron chi connectivity index (χ3n) is 5.47. The Bertz CT molecular complexity index is 975. The Hall–Kier alpha value is -1.81. The predicted octanol–water partition coefficient (Wildman–Crippen LogP) is 2.45. The lowest BCUT2D eigenvalue weighted by Crippen LogP contribution is -2.49. The van der Waals surface area contributed by atoms with Crippen molar-refractivity contribution in [1.82, 2.24) is 14.2 Å². The molecule has 2 aromatic rings. The highest BCUT2D eigenvalue weighted by Crippen LogP contribution is 2.30. The number of thiazole rings is 1. The SMILES string of the molecule is CS(=O)(=O)N1CCCCC1C(=O)Nc1nc2c(s1)CN(Cc1ccccc1)CC2. The molecule has 1 atom stereocenters. The molecule has 0 saturated carbocycles. The van der Waals surface area contributed by atoms with Gasteiger partial charge in [-0.1, -0.05) is 36.8 Å². The Balaban J connectivity index is 1.42. The minimum Gasteiger partial charge on any atom is -0.301 e. The number of nitrogens with zero attached hydrogens (tertiary/aromatic N) is 3. The van der Waals surface area contributed by atoms with Crippen molar-refractivity contribution >= 4 is 32.4 Å². The lowest BCUT2D eigenvalue weighted by Gasteiger charge is -2.32. The number of amides is 1. The molecule has 1 fully saturated rings. The molecule has 1 unspecified atom stereocenters. The molecule has 2 aliphatic heterocycles. The third kappa shape index (κ3) is 4.85. The number of aromatic nitrogens is 1. The summed E-state index contributed by atoms with van der Waals surface area (Å²) in [4.78, 5) is 20.9. The van der Waals surface area contributed by atoms with Gasteiger partial charge in [-0.25, -0.2) is 13.4 Å². The Labute approximate surface area is 175 Å². The van der Waals surface area contributed by atoms with E-state index in [1.165, 1.54) is 32.3 Å². The summed E-state index contributed by atoms with van der Waals surface area (Å²) in [5, 5.41) is 3.45. The molecule has 3 heterocycles. The Morgan fingerprint density at radius 3 is 2.79 bits per heavy atom. The van der Waals surface area contributed by atoms with Gasteiger partial charge < -0.3 is 5.32 Å². The molecule has 7 nitrogen and oxygen atoms in total. The van der Waals surface area contributed by atoms with Gasteiger partial charge in [0, 0.05) is 37.5 Å². The van der Waals surface area contributed by atoms with Crippen LogP contribution in [-0.4, -0.2) is 53.9 Å². The number of carbonyl (C=O) groups excluding carboxylic acids is 1. The monoisotopic (exact) mass is 434 g/mol. The fourth-order valence-electron chi connectivity index (χ4n) is 4.03. The molecule has 4 rings (SSSR count). The maximum absolute atomic E-state index is 12.8. The molecule has 0 radical (unpaired) electrons. The van der Waals surface area contributed by atoms with Gasteiger partial charge in [0.1, 0.15) is 6.04 Å². The molecular weight excluding hydrogens is 408 g/mol. The fraction of sp³-hybridized carbons (Fsp3) is 0.500. The predicted molar refractivity (Wildman–Crippen MR) is 114 cm³/mol. The van der Waals surface area contributed by atoms with E-state index in [0.717, 1.165) is 44.6 Å². The molecule has 1 aromatic carbocycles. The van der Waals surface area contributed by atoms with Gasteiger partial charge in [-0.3, -0.25) is 9.69 Å². The molecule has 1 saturated heterocycles. The Morgan fingerprint density at radius 2 is 2.03 bits per heavy atom. The van der Waals surface area contributed by atoms with Crippen LogP contribution in [0.15, 0.2) is 30.3 Å². The zero-order valence-electron chi connectivity index (χ0n) is 16.5. The first-order chi connectivity index (χ1) is 13.9. The molecule has 156 valence electrons. The summed E-state index contributed by atoms with van der Waals surface area (Å²) < 4.78 is 25.4. The standard InChI is InChI=1S/C20H26N4O3S2/c1-29(26,27)24-11-6-5-9-17(24)19(25)22-20-21-16-10-12-23(14-18(16)28-20)13-15-7-3-2-4-8-15/h2-4,7-8,17H,5-6,9-14H2,1H3,(H,21,22,25). The lowest BCUT2D eigenvalue weighted by molar-refractivity contribution is -0.120. The lowest BCUT2D eigenvalue weighted by atomic mass is 10.0. The van der Waals surface area contributed by atoms with Crippen LogP contribution in [0.25, 0.3) is 0 Å². The van der Waals surface area contributed by atoms with E-state index in [-0.39, 0.29) is 5.91 Å². The normalized spacial score (nSPS) is 20.9. The molecule has 0 aliphatic carbocycles. The van der Waals surface area contributed by atoms with Gasteiger partial charge in [0.25, 0.3) is 0 Å². The number of piperidine rings is 1. The maximum atomic E-state index is 12.8. The quantitative estimate of drug-likeness (QED) is 0.782. The largest absolute Gasteiger partial charge is 0.301 e. The molecule has 1 amide bonds. The van der Waals surface area contributed by atoms with Crippen LogP contribution in [-0.2, 0) is 34.3 Å². The first-order valence-corrected chi connectivity index (χ1v) is 12.6. The van der Waals surface area contributed by atoms with E-state index in [4.69, 9.17) is 0 Å². The number of benzene rings is 1. The summed E-state index contributed by atoms with van der Waals surface area (Å²) in [7, 11) is -3.40. The van der Waals surface area contributed by atoms with Gasteiger partial charge in [0.2, 0.25) is 15.9 Å². The number of hydrogen-bond donors (Lipinski definition) is 1. The summed E-state index contributed by atoms with van der Waals surface area (Å²) >= 11 is 1.50. The van der Waals surface area contributed by atoms with Gasteiger partial charge in [-0.05, 0) is 18.4 Å². The molecule has 1 N–H and O–H groups in total. The Kier molecular flexibility index (Phi) is 6.00. The maximum Gasteiger partial charge on any atom is 0.244 e. The van der Waals surface area contributed by atoms with Crippen molar-refractivity contribution < 1.29 is 13.2 Å². The number of sulfonamides is 1. The molecule has 0 spiro atoms. The van der Waals surface area contributed by atoms with Gasteiger partial charge >= 0.3 is 0 Å². The summed E-state index contributed by atoms with van der Waals surface area (Å²) in [6.07, 6.45) is 4.22. The average Bonchev–Trinajstić information content (AvgIpc) is 3.09. The highest BCUT2D eigenvalue weighted by Gasteiger charge is 2.35. The van der Waals surface area contributed by atoms with Gasteiger partial charge in [0.15, 0.2) is 5.13 Å². The number of carbonyl (C=O) groups is 1. The highest BCUT2D eigenvalue weighted by atomic mass is 32.2. The van der Waals surface area contributed by atoms with E-state index >= 15 is 0 Å². The molecule has 1 aromatic heterocycles. The van der Waals surface area contributed by atoms with Crippen molar-refractivity contribution in [3.63, 3.8) is 0 Å². The van der Waals surface area contributed by atoms with Crippen LogP contribution in [0.2, 0.25) is 0 Å². The van der Waals surface area contributed by atoms with E-state index in [1.54, 1.807) is 0 Å². The second-order valence-electron chi connectivity index (χ2n) is 7.71. The molecule has 2 aliphatic rings. The van der Waals surface area contributed by atoms with E-state index in [0.29, 0.717) is 18.1 Å². The summed E-state index contributed by atoms with van der Waals surface area (Å²) in [5.74, 6) is -0.276. The van der Waals surface area contributed by atoms with Gasteiger partial charge in [-0.15, -0.1) is 11.3 Å². The molecule has 9 heteroatoms. The van der Waals surface area contributed by atoms with E-state index < -0.39 is 16.1 Å². The van der Waals surface area contributed by atoms with Crippen molar-refractivity contribution in [3.8, 4) is 0 Å². The zero-order valence-corrected chi connectivity index (χ0v) is 18.1. The van der Waals surface area contributed by atoms with Crippen LogP contribution in [0.4, 0.5) is 5.13 Å². The van der Waals surface area contributed by atoms with E-state index in [2.05, 4.69) is 39.5 Å². The average molecular weight is 435 g/mol. The fourth-order valence-corrected chi connectivity index (χ4v) is 6.21. The zero-order chi connectivity index (χ0) is 20.4. The number of fused-ring (bicyclic) bond motifs is 1. The van der Waals surface area contributed by atoms with Crippen LogP contribution in [0.5, 0.6) is 0 Å². The van der Waals surface area contributed by atoms with Crippen molar-refractivity contribution in [1.29, 1.82) is 0 Å². The second-order valence-corrected chi connectivity index (χ2v) is 10.7. The first kappa shape index (κ1) is 20.5. The van der Waals surface area contributed by atoms with Crippen LogP contribution < -0.4 is 5.32 Å². The van der Waals surface area contributed by atoms with Crippen molar-refractivity contribution in [3.05, 3.63) is 46.5 Å². The number of hydrogen-bond acceptors (Lipinski definition) is 6. The first-order valence-electron chi connectivity index (χ1n) is 9.93. The van der Waals surface area contributed by atoms with Crippen molar-refractivity contribution in [2.45, 2.75) is 44.8 Å². The number of rotatable bonds is 5. The molecular formula is C20H26N4O3S2. The van der Waals surface area contributed by atoms with E-state index in [1.807, 2.05) is 6.07 Å². The number of anilines is 1. The van der Waals surface area contributed by atoms with Gasteiger partial charge in [0.05, 0.1) is 11.9 Å². The second kappa shape index (κ2) is 8.51. The summed E-state index contributed by atoms with van der Waals surface area (Å²) in [6, 6.07) is 9.74. The van der Waals surface area contributed by atoms with Crippen molar-refractivity contribution in [2.75, 3.05) is 24.7 Å². The Morgan fingerprint density at radius 1 is 1.24 bits per heavy atom. The highest BCUT2D eigenvalue weighted by molar-refractivity contribution is 7.88. The van der Waals surface area contributed by atoms with Crippen LogP contribution in [0, 0.1) is 0 Å². The topological polar surface area (TPSA) is 82.6 Å². The smallest absolute Gasteiger partial charge is 0.244 e. The number of nitrogens with one attached hydrogen (secondary N) is 1. The van der Waals surface area contributed by atoms with Gasteiger partial charge in [-0.2, -0.15) is 4.31 Å². The summed E-state index contributed by atoms with van der Waals surface area (Å²) in [5.41, 5.74) is 2.32. The van der Waals surface area contributed by atoms with Crippen LogP contribution in [0.3, 0.4) is 0 Å². The summed E-state index contributed by atoms with van der Waals surface area (Å²) in [6.45, 7) is 3.05. The third-order valence-corrected chi connectivity index (χ3v) is 7.76. The van der Waals surface area contributed by atoms with E-state index in [9.17, 15) is 13.2 Å². The minimum atomic E-state index is -3.40. The van der Waals surface area contributed by atoms with Crippen LogP contribution in [0.1, 0.15) is 35.4 Å². The van der Waals surface area contributed by atoms with Crippen LogP contribution >= 0.6 is 11.3 Å². The molecule has 0 bridgehead atoms. The molecule has 29 heavy (non-hydrogen) atoms. The minimum absolute atomic E-state index is 0.276.